The van der Waals surface area contributed by atoms with E-state index in [1.165, 1.54) is 18.4 Å². The maximum atomic E-state index is 11.1. The molecule has 0 unspecified atom stereocenters. The van der Waals surface area contributed by atoms with Crippen molar-refractivity contribution in [1.82, 2.24) is 9.97 Å². The number of esters is 1. The molecule has 0 fully saturated rings. The van der Waals surface area contributed by atoms with Crippen LogP contribution in [0.4, 0.5) is 0 Å². The topological polar surface area (TPSA) is 52.1 Å². The average Bonchev–Trinajstić information content (AvgIpc) is 2.60. The normalized spacial score (nSPS) is 10.7. The SMILES string of the molecule is COC(=O)Cc1cc2c(Cl)nc(Cl)nc2s1. The van der Waals surface area contributed by atoms with Crippen LogP contribution in [0.1, 0.15) is 4.88 Å². The second-order valence-electron chi connectivity index (χ2n) is 2.97. The fourth-order valence-electron chi connectivity index (χ4n) is 1.21. The number of hydrogen-bond donors (Lipinski definition) is 0. The van der Waals surface area contributed by atoms with Crippen molar-refractivity contribution in [3.63, 3.8) is 0 Å². The third kappa shape index (κ3) is 2.26. The molecule has 2 heterocycles. The van der Waals surface area contributed by atoms with E-state index in [4.69, 9.17) is 23.2 Å². The zero-order valence-corrected chi connectivity index (χ0v) is 10.5. The van der Waals surface area contributed by atoms with E-state index in [0.717, 1.165) is 4.88 Å². The van der Waals surface area contributed by atoms with E-state index in [1.54, 1.807) is 6.07 Å². The Bertz CT molecular complexity index is 556. The summed E-state index contributed by atoms with van der Waals surface area (Å²) in [6.07, 6.45) is 0.200. The second-order valence-corrected chi connectivity index (χ2v) is 4.78. The van der Waals surface area contributed by atoms with Crippen LogP contribution >= 0.6 is 34.5 Å². The molecule has 0 aromatic carbocycles. The molecule has 0 aliphatic heterocycles. The van der Waals surface area contributed by atoms with Crippen molar-refractivity contribution in [2.45, 2.75) is 6.42 Å². The highest BCUT2D eigenvalue weighted by Crippen LogP contribution is 2.30. The van der Waals surface area contributed by atoms with Gasteiger partial charge in [-0.2, -0.15) is 0 Å². The number of carbonyl (C=O) groups is 1. The van der Waals surface area contributed by atoms with Crippen LogP contribution in [-0.4, -0.2) is 23.0 Å². The molecule has 2 aromatic heterocycles. The summed E-state index contributed by atoms with van der Waals surface area (Å²) in [4.78, 5) is 20.4. The van der Waals surface area contributed by atoms with E-state index in [2.05, 4.69) is 14.7 Å². The van der Waals surface area contributed by atoms with Gasteiger partial charge in [-0.1, -0.05) is 11.6 Å². The Hall–Kier alpha value is -0.910. The maximum Gasteiger partial charge on any atom is 0.310 e. The van der Waals surface area contributed by atoms with Crippen molar-refractivity contribution in [2.24, 2.45) is 0 Å². The first-order chi connectivity index (χ1) is 7.60. The summed E-state index contributed by atoms with van der Waals surface area (Å²) >= 11 is 12.9. The number of ether oxygens (including phenoxy) is 1. The third-order valence-corrected chi connectivity index (χ3v) is 3.40. The van der Waals surface area contributed by atoms with Crippen LogP contribution in [0, 0.1) is 0 Å². The first-order valence-electron chi connectivity index (χ1n) is 4.28. The van der Waals surface area contributed by atoms with Crippen LogP contribution in [0.15, 0.2) is 6.07 Å². The minimum absolute atomic E-state index is 0.101. The Morgan fingerprint density at radius 1 is 1.50 bits per heavy atom. The Balaban J connectivity index is 2.44. The Kier molecular flexibility index (Phi) is 3.28. The molecule has 0 bridgehead atoms. The van der Waals surface area contributed by atoms with Crippen molar-refractivity contribution in [3.05, 3.63) is 21.4 Å². The maximum absolute atomic E-state index is 11.1. The number of methoxy groups -OCH3 is 1. The van der Waals surface area contributed by atoms with Crippen LogP contribution < -0.4 is 0 Å². The smallest absolute Gasteiger partial charge is 0.310 e. The first-order valence-corrected chi connectivity index (χ1v) is 5.85. The fraction of sp³-hybridized carbons (Fsp3) is 0.222. The van der Waals surface area contributed by atoms with Gasteiger partial charge in [0.25, 0.3) is 0 Å². The van der Waals surface area contributed by atoms with Crippen molar-refractivity contribution in [2.75, 3.05) is 7.11 Å². The summed E-state index contributed by atoms with van der Waals surface area (Å²) < 4.78 is 4.58. The van der Waals surface area contributed by atoms with E-state index in [1.807, 2.05) is 0 Å². The molecule has 0 N–H and O–H groups in total. The monoisotopic (exact) mass is 276 g/mol. The van der Waals surface area contributed by atoms with E-state index in [-0.39, 0.29) is 17.7 Å². The van der Waals surface area contributed by atoms with Crippen molar-refractivity contribution in [3.8, 4) is 0 Å². The number of rotatable bonds is 2. The Morgan fingerprint density at radius 3 is 2.94 bits per heavy atom. The summed E-state index contributed by atoms with van der Waals surface area (Å²) in [5.41, 5.74) is 0. The van der Waals surface area contributed by atoms with Gasteiger partial charge in [-0.15, -0.1) is 11.3 Å². The standard InChI is InChI=1S/C9H6Cl2N2O2S/c1-15-6(14)3-4-2-5-7(10)12-9(11)13-8(5)16-4/h2H,3H2,1H3. The number of carbonyl (C=O) groups excluding carboxylic acids is 1. The van der Waals surface area contributed by atoms with Gasteiger partial charge in [0.05, 0.1) is 13.5 Å². The summed E-state index contributed by atoms with van der Waals surface area (Å²) in [6, 6.07) is 1.77. The largest absolute Gasteiger partial charge is 0.469 e. The van der Waals surface area contributed by atoms with E-state index < -0.39 is 0 Å². The minimum Gasteiger partial charge on any atom is -0.469 e. The van der Waals surface area contributed by atoms with Gasteiger partial charge in [0.1, 0.15) is 9.98 Å². The predicted octanol–water partition coefficient (Wildman–Crippen LogP) is 2.71. The van der Waals surface area contributed by atoms with Crippen LogP contribution in [0.25, 0.3) is 10.2 Å². The van der Waals surface area contributed by atoms with Crippen LogP contribution in [0.3, 0.4) is 0 Å². The molecular weight excluding hydrogens is 271 g/mol. The molecule has 16 heavy (non-hydrogen) atoms. The van der Waals surface area contributed by atoms with Crippen molar-refractivity contribution in [1.29, 1.82) is 0 Å². The van der Waals surface area contributed by atoms with Gasteiger partial charge >= 0.3 is 5.97 Å². The first kappa shape index (κ1) is 11.6. The van der Waals surface area contributed by atoms with Gasteiger partial charge < -0.3 is 4.74 Å². The predicted molar refractivity (Wildman–Crippen MR) is 63.2 cm³/mol. The molecule has 84 valence electrons. The average molecular weight is 277 g/mol. The number of nitrogens with zero attached hydrogens (tertiary/aromatic N) is 2. The van der Waals surface area contributed by atoms with E-state index in [0.29, 0.717) is 15.4 Å². The quantitative estimate of drug-likeness (QED) is 0.481. The molecule has 7 heteroatoms. The van der Waals surface area contributed by atoms with Gasteiger partial charge in [0.2, 0.25) is 5.28 Å². The lowest BCUT2D eigenvalue weighted by atomic mass is 10.3. The third-order valence-electron chi connectivity index (χ3n) is 1.92. The van der Waals surface area contributed by atoms with E-state index in [9.17, 15) is 4.79 Å². The molecule has 0 aliphatic rings. The molecular formula is C9H6Cl2N2O2S. The van der Waals surface area contributed by atoms with E-state index >= 15 is 0 Å². The highest BCUT2D eigenvalue weighted by Gasteiger charge is 2.12. The summed E-state index contributed by atoms with van der Waals surface area (Å²) in [7, 11) is 1.35. The van der Waals surface area contributed by atoms with Gasteiger partial charge in [-0.25, -0.2) is 9.97 Å². The van der Waals surface area contributed by atoms with Gasteiger partial charge in [-0.3, -0.25) is 4.79 Å². The molecule has 2 rings (SSSR count). The summed E-state index contributed by atoms with van der Waals surface area (Å²) in [5, 5.41) is 1.10. The summed E-state index contributed by atoms with van der Waals surface area (Å²) in [6.45, 7) is 0. The molecule has 0 atom stereocenters. The molecule has 0 saturated heterocycles. The van der Waals surface area contributed by atoms with Crippen LogP contribution in [0.2, 0.25) is 10.4 Å². The molecule has 0 radical (unpaired) electrons. The number of halogens is 2. The lowest BCUT2D eigenvalue weighted by Crippen LogP contribution is -2.02. The van der Waals surface area contributed by atoms with Crippen LogP contribution in [-0.2, 0) is 16.0 Å². The number of fused-ring (bicyclic) bond motifs is 1. The molecule has 2 aromatic rings. The van der Waals surface area contributed by atoms with Gasteiger partial charge in [0.15, 0.2) is 0 Å². The van der Waals surface area contributed by atoms with Crippen LogP contribution in [0.5, 0.6) is 0 Å². The molecule has 0 spiro atoms. The lowest BCUT2D eigenvalue weighted by Gasteiger charge is -1.93. The zero-order chi connectivity index (χ0) is 11.7. The minimum atomic E-state index is -0.304. The fourth-order valence-corrected chi connectivity index (χ4v) is 2.77. The highest BCUT2D eigenvalue weighted by atomic mass is 35.5. The second kappa shape index (κ2) is 4.53. The number of thiophene rings is 1. The number of aromatic nitrogens is 2. The van der Waals surface area contributed by atoms with Crippen molar-refractivity contribution >= 4 is 50.7 Å². The van der Waals surface area contributed by atoms with Gasteiger partial charge in [0, 0.05) is 10.3 Å². The van der Waals surface area contributed by atoms with Crippen molar-refractivity contribution < 1.29 is 9.53 Å². The number of hydrogen-bond acceptors (Lipinski definition) is 5. The summed E-state index contributed by atoms with van der Waals surface area (Å²) in [5.74, 6) is -0.304. The highest BCUT2D eigenvalue weighted by molar-refractivity contribution is 7.18. The molecule has 0 amide bonds. The zero-order valence-electron chi connectivity index (χ0n) is 8.16. The lowest BCUT2D eigenvalue weighted by molar-refractivity contribution is -0.139. The molecule has 0 aliphatic carbocycles. The Morgan fingerprint density at radius 2 is 2.25 bits per heavy atom. The molecule has 0 saturated carbocycles. The van der Waals surface area contributed by atoms with Gasteiger partial charge in [-0.05, 0) is 17.7 Å². The Labute approximate surface area is 105 Å². The molecule has 4 nitrogen and oxygen atoms in total.